The first-order valence-corrected chi connectivity index (χ1v) is 7.95. The molecule has 1 aliphatic heterocycles. The summed E-state index contributed by atoms with van der Waals surface area (Å²) in [5.74, 6) is 0.843. The van der Waals surface area contributed by atoms with Crippen molar-refractivity contribution in [2.45, 2.75) is 13.0 Å². The average Bonchev–Trinajstić information content (AvgIpc) is 2.56. The molecule has 1 fully saturated rings. The highest BCUT2D eigenvalue weighted by molar-refractivity contribution is 5.46. The van der Waals surface area contributed by atoms with Crippen molar-refractivity contribution in [3.63, 3.8) is 0 Å². The Bertz CT molecular complexity index is 603. The largest absolute Gasteiger partial charge is 0.486 e. The van der Waals surface area contributed by atoms with E-state index in [0.717, 1.165) is 17.0 Å². The van der Waals surface area contributed by atoms with Gasteiger partial charge in [0.1, 0.15) is 11.9 Å². The molecule has 1 heterocycles. The van der Waals surface area contributed by atoms with Crippen LogP contribution in [0, 0.1) is 5.41 Å². The van der Waals surface area contributed by atoms with Gasteiger partial charge in [0.05, 0.1) is 25.2 Å². The van der Waals surface area contributed by atoms with Crippen LogP contribution in [0.1, 0.15) is 18.6 Å². The second-order valence-electron chi connectivity index (χ2n) is 6.20. The van der Waals surface area contributed by atoms with Crippen molar-refractivity contribution in [2.24, 2.45) is 5.41 Å². The summed E-state index contributed by atoms with van der Waals surface area (Å²) in [7, 11) is 0. The van der Waals surface area contributed by atoms with Crippen LogP contribution in [0.3, 0.4) is 0 Å². The molecule has 1 atom stereocenters. The van der Waals surface area contributed by atoms with E-state index >= 15 is 0 Å². The molecule has 0 saturated carbocycles. The Morgan fingerprint density at radius 1 is 1.13 bits per heavy atom. The molecule has 1 unspecified atom stereocenters. The Balaban J connectivity index is 1.55. The van der Waals surface area contributed by atoms with Crippen molar-refractivity contribution >= 4 is 5.69 Å². The normalized spacial score (nSPS) is 17.1. The number of ether oxygens (including phenoxy) is 2. The molecular weight excluding hydrogens is 290 g/mol. The lowest BCUT2D eigenvalue weighted by atomic mass is 9.87. The third kappa shape index (κ3) is 3.84. The molecule has 3 rings (SSSR count). The minimum Gasteiger partial charge on any atom is -0.486 e. The van der Waals surface area contributed by atoms with E-state index < -0.39 is 0 Å². The zero-order valence-corrected chi connectivity index (χ0v) is 13.4. The van der Waals surface area contributed by atoms with Gasteiger partial charge in [-0.15, -0.1) is 0 Å². The fraction of sp³-hybridized carbons (Fsp3) is 0.368. The average molecular weight is 313 g/mol. The maximum atomic E-state index is 9.43. The first-order chi connectivity index (χ1) is 11.2. The molecule has 0 aromatic heterocycles. The Labute approximate surface area is 137 Å². The standard InChI is InChI=1S/C19H23NO3/c1-15(16-5-3-2-4-6-16)23-18-9-7-17(8-10-18)20-11-19(12-21)13-22-14-19/h2-10,15,20-21H,11-14H2,1H3. The molecular formula is C19H23NO3. The molecule has 0 radical (unpaired) electrons. The molecule has 2 aromatic carbocycles. The number of benzene rings is 2. The number of aliphatic hydroxyl groups excluding tert-OH is 1. The third-order valence-electron chi connectivity index (χ3n) is 4.26. The molecule has 4 nitrogen and oxygen atoms in total. The van der Waals surface area contributed by atoms with Gasteiger partial charge in [-0.05, 0) is 36.8 Å². The SMILES string of the molecule is CC(Oc1ccc(NCC2(CO)COC2)cc1)c1ccccc1. The maximum Gasteiger partial charge on any atom is 0.121 e. The van der Waals surface area contributed by atoms with Crippen molar-refractivity contribution in [2.75, 3.05) is 31.7 Å². The van der Waals surface area contributed by atoms with Crippen molar-refractivity contribution in [3.05, 3.63) is 60.2 Å². The molecule has 1 saturated heterocycles. The molecule has 1 aliphatic rings. The van der Waals surface area contributed by atoms with Crippen molar-refractivity contribution in [3.8, 4) is 5.75 Å². The van der Waals surface area contributed by atoms with Gasteiger partial charge in [-0.1, -0.05) is 30.3 Å². The monoisotopic (exact) mass is 313 g/mol. The van der Waals surface area contributed by atoms with Crippen LogP contribution in [0.2, 0.25) is 0 Å². The van der Waals surface area contributed by atoms with Gasteiger partial charge in [-0.3, -0.25) is 0 Å². The fourth-order valence-corrected chi connectivity index (χ4v) is 2.58. The minimum atomic E-state index is -0.128. The Kier molecular flexibility index (Phi) is 4.84. The molecule has 0 aliphatic carbocycles. The summed E-state index contributed by atoms with van der Waals surface area (Å²) in [6, 6.07) is 18.1. The maximum absolute atomic E-state index is 9.43. The van der Waals surface area contributed by atoms with E-state index in [2.05, 4.69) is 17.4 Å². The van der Waals surface area contributed by atoms with E-state index in [0.29, 0.717) is 19.8 Å². The van der Waals surface area contributed by atoms with E-state index in [1.807, 2.05) is 49.4 Å². The van der Waals surface area contributed by atoms with Crippen LogP contribution >= 0.6 is 0 Å². The first-order valence-electron chi connectivity index (χ1n) is 7.95. The van der Waals surface area contributed by atoms with Gasteiger partial charge in [-0.25, -0.2) is 0 Å². The lowest BCUT2D eigenvalue weighted by molar-refractivity contribution is -0.128. The number of hydrogen-bond acceptors (Lipinski definition) is 4. The molecule has 2 aromatic rings. The number of aliphatic hydroxyl groups is 1. The second-order valence-corrected chi connectivity index (χ2v) is 6.20. The lowest BCUT2D eigenvalue weighted by Gasteiger charge is -2.40. The lowest BCUT2D eigenvalue weighted by Crippen LogP contribution is -2.50. The minimum absolute atomic E-state index is 0.0137. The molecule has 0 bridgehead atoms. The second kappa shape index (κ2) is 7.02. The number of hydrogen-bond donors (Lipinski definition) is 2. The van der Waals surface area contributed by atoms with Gasteiger partial charge in [0.2, 0.25) is 0 Å². The van der Waals surface area contributed by atoms with Crippen LogP contribution in [-0.2, 0) is 4.74 Å². The predicted octanol–water partition coefficient (Wildman–Crippen LogP) is 3.25. The Hall–Kier alpha value is -2.04. The smallest absolute Gasteiger partial charge is 0.121 e. The highest BCUT2D eigenvalue weighted by Gasteiger charge is 2.37. The van der Waals surface area contributed by atoms with Gasteiger partial charge < -0.3 is 19.9 Å². The van der Waals surface area contributed by atoms with E-state index in [1.165, 1.54) is 0 Å². The van der Waals surface area contributed by atoms with Gasteiger partial charge >= 0.3 is 0 Å². The Morgan fingerprint density at radius 2 is 1.83 bits per heavy atom. The molecule has 23 heavy (non-hydrogen) atoms. The highest BCUT2D eigenvalue weighted by Crippen LogP contribution is 2.28. The van der Waals surface area contributed by atoms with Gasteiger partial charge in [-0.2, -0.15) is 0 Å². The van der Waals surface area contributed by atoms with Crippen molar-refractivity contribution in [1.29, 1.82) is 0 Å². The van der Waals surface area contributed by atoms with Gasteiger partial charge in [0.15, 0.2) is 0 Å². The van der Waals surface area contributed by atoms with E-state index in [1.54, 1.807) is 0 Å². The van der Waals surface area contributed by atoms with Crippen LogP contribution in [0.15, 0.2) is 54.6 Å². The summed E-state index contributed by atoms with van der Waals surface area (Å²) in [5, 5.41) is 12.8. The summed E-state index contributed by atoms with van der Waals surface area (Å²) in [5.41, 5.74) is 2.05. The van der Waals surface area contributed by atoms with Crippen LogP contribution in [0.25, 0.3) is 0 Å². The summed E-state index contributed by atoms with van der Waals surface area (Å²) in [6.07, 6.45) is 0.0137. The Morgan fingerprint density at radius 3 is 2.39 bits per heavy atom. The van der Waals surface area contributed by atoms with E-state index in [9.17, 15) is 5.11 Å². The molecule has 4 heteroatoms. The summed E-state index contributed by atoms with van der Waals surface area (Å²) >= 11 is 0. The number of anilines is 1. The zero-order chi connectivity index (χ0) is 16.1. The summed E-state index contributed by atoms with van der Waals surface area (Å²) in [6.45, 7) is 4.14. The van der Waals surface area contributed by atoms with Gasteiger partial charge in [0.25, 0.3) is 0 Å². The molecule has 122 valence electrons. The summed E-state index contributed by atoms with van der Waals surface area (Å²) < 4.78 is 11.2. The van der Waals surface area contributed by atoms with Gasteiger partial charge in [0, 0.05) is 12.2 Å². The van der Waals surface area contributed by atoms with Crippen molar-refractivity contribution < 1.29 is 14.6 Å². The summed E-state index contributed by atoms with van der Waals surface area (Å²) in [4.78, 5) is 0. The topological polar surface area (TPSA) is 50.7 Å². The number of rotatable bonds is 7. The predicted molar refractivity (Wildman–Crippen MR) is 90.8 cm³/mol. The van der Waals surface area contributed by atoms with Crippen LogP contribution < -0.4 is 10.1 Å². The highest BCUT2D eigenvalue weighted by atomic mass is 16.5. The molecule has 0 amide bonds. The quantitative estimate of drug-likeness (QED) is 0.824. The van der Waals surface area contributed by atoms with E-state index in [-0.39, 0.29) is 18.1 Å². The molecule has 0 spiro atoms. The first kappa shape index (κ1) is 15.8. The third-order valence-corrected chi connectivity index (χ3v) is 4.26. The molecule has 2 N–H and O–H groups in total. The fourth-order valence-electron chi connectivity index (χ4n) is 2.58. The van der Waals surface area contributed by atoms with Crippen LogP contribution in [0.5, 0.6) is 5.75 Å². The zero-order valence-electron chi connectivity index (χ0n) is 13.4. The van der Waals surface area contributed by atoms with Crippen molar-refractivity contribution in [1.82, 2.24) is 0 Å². The van der Waals surface area contributed by atoms with Crippen LogP contribution in [0.4, 0.5) is 5.69 Å². The number of nitrogens with one attached hydrogen (secondary N) is 1. The van der Waals surface area contributed by atoms with E-state index in [4.69, 9.17) is 9.47 Å². The van der Waals surface area contributed by atoms with Crippen LogP contribution in [-0.4, -0.2) is 31.5 Å².